The monoisotopic (exact) mass is 256 g/mol. The van der Waals surface area contributed by atoms with Gasteiger partial charge in [-0.2, -0.15) is 0 Å². The van der Waals surface area contributed by atoms with E-state index in [1.807, 2.05) is 32.9 Å². The first kappa shape index (κ1) is 13.2. The molecule has 0 fully saturated rings. The van der Waals surface area contributed by atoms with E-state index in [-0.39, 0.29) is 5.82 Å². The molecule has 1 aromatic heterocycles. The molecule has 0 aliphatic carbocycles. The van der Waals surface area contributed by atoms with Crippen molar-refractivity contribution in [2.75, 3.05) is 7.11 Å². The van der Waals surface area contributed by atoms with Gasteiger partial charge in [0, 0.05) is 11.3 Å². The average molecular weight is 256 g/mol. The smallest absolute Gasteiger partial charge is 0.193 e. The Labute approximate surface area is 112 Å². The van der Waals surface area contributed by atoms with Crippen molar-refractivity contribution < 1.29 is 9.53 Å². The van der Waals surface area contributed by atoms with Crippen LogP contribution in [-0.2, 0) is 0 Å². The fourth-order valence-corrected chi connectivity index (χ4v) is 2.19. The summed E-state index contributed by atoms with van der Waals surface area (Å²) >= 11 is 0. The molecule has 0 N–H and O–H groups in total. The van der Waals surface area contributed by atoms with E-state index in [1.54, 1.807) is 7.11 Å². The summed E-state index contributed by atoms with van der Waals surface area (Å²) in [5, 5.41) is 0. The number of ether oxygens (including phenoxy) is 1. The van der Waals surface area contributed by atoms with Crippen LogP contribution in [0.2, 0.25) is 0 Å². The molecule has 0 saturated carbocycles. The summed E-state index contributed by atoms with van der Waals surface area (Å²) in [5.41, 5.74) is 4.56. The number of aldehydes is 1. The highest BCUT2D eigenvalue weighted by atomic mass is 16.5. The molecular formula is C15H16N2O2. The number of aromatic nitrogens is 2. The van der Waals surface area contributed by atoms with Gasteiger partial charge in [0.25, 0.3) is 0 Å². The Bertz CT molecular complexity index is 636. The first-order chi connectivity index (χ1) is 9.05. The van der Waals surface area contributed by atoms with Gasteiger partial charge in [0.2, 0.25) is 0 Å². The topological polar surface area (TPSA) is 52.1 Å². The van der Waals surface area contributed by atoms with Crippen LogP contribution in [0.25, 0.3) is 11.3 Å². The predicted molar refractivity (Wildman–Crippen MR) is 73.6 cm³/mol. The Kier molecular flexibility index (Phi) is 3.60. The van der Waals surface area contributed by atoms with Crippen molar-refractivity contribution in [3.8, 4) is 17.0 Å². The van der Waals surface area contributed by atoms with E-state index >= 15 is 0 Å². The molecule has 0 bridgehead atoms. The fourth-order valence-electron chi connectivity index (χ4n) is 2.19. The minimum atomic E-state index is 0.192. The number of hydrogen-bond acceptors (Lipinski definition) is 4. The molecule has 4 heteroatoms. The van der Waals surface area contributed by atoms with Crippen LogP contribution in [-0.4, -0.2) is 23.4 Å². The van der Waals surface area contributed by atoms with Gasteiger partial charge in [-0.1, -0.05) is 6.07 Å². The minimum Gasteiger partial charge on any atom is -0.496 e. The lowest BCUT2D eigenvalue weighted by Crippen LogP contribution is -2.00. The van der Waals surface area contributed by atoms with Gasteiger partial charge in [-0.15, -0.1) is 0 Å². The van der Waals surface area contributed by atoms with Crippen LogP contribution in [0.3, 0.4) is 0 Å². The van der Waals surface area contributed by atoms with E-state index in [0.717, 1.165) is 28.1 Å². The zero-order chi connectivity index (χ0) is 14.0. The summed E-state index contributed by atoms with van der Waals surface area (Å²) in [6.07, 6.45) is 0.659. The molecule has 0 radical (unpaired) electrons. The third kappa shape index (κ3) is 2.62. The zero-order valence-electron chi connectivity index (χ0n) is 11.5. The number of carbonyl (C=O) groups excluding carboxylic acids is 1. The second-order valence-corrected chi connectivity index (χ2v) is 4.53. The van der Waals surface area contributed by atoms with Gasteiger partial charge in [0.15, 0.2) is 12.1 Å². The third-order valence-electron chi connectivity index (χ3n) is 2.90. The molecule has 2 aromatic rings. The molecule has 0 amide bonds. The highest BCUT2D eigenvalue weighted by Crippen LogP contribution is 2.33. The Hall–Kier alpha value is -2.23. The lowest BCUT2D eigenvalue weighted by atomic mass is 10.0. The van der Waals surface area contributed by atoms with Crippen LogP contribution >= 0.6 is 0 Å². The quantitative estimate of drug-likeness (QED) is 0.792. The predicted octanol–water partition coefficient (Wildman–Crippen LogP) is 2.89. The Morgan fingerprint density at radius 2 is 1.84 bits per heavy atom. The summed E-state index contributed by atoms with van der Waals surface area (Å²) in [6, 6.07) is 5.88. The lowest BCUT2D eigenvalue weighted by molar-refractivity contribution is 0.111. The maximum atomic E-state index is 10.9. The van der Waals surface area contributed by atoms with E-state index in [9.17, 15) is 4.79 Å². The summed E-state index contributed by atoms with van der Waals surface area (Å²) in [5.74, 6) is 0.949. The molecule has 4 nitrogen and oxygen atoms in total. The average Bonchev–Trinajstić information content (AvgIpc) is 2.36. The normalized spacial score (nSPS) is 10.3. The standard InChI is InChI=1S/C15H16N2O2/c1-9-5-10(2)15(13(6-9)19-4)12-7-11(3)16-14(8-18)17-12/h5-8H,1-4H3. The van der Waals surface area contributed by atoms with E-state index in [4.69, 9.17) is 4.74 Å². The number of carbonyl (C=O) groups is 1. The number of benzene rings is 1. The molecule has 0 atom stereocenters. The van der Waals surface area contributed by atoms with Gasteiger partial charge in [-0.05, 0) is 44.0 Å². The van der Waals surface area contributed by atoms with Crippen LogP contribution in [0.15, 0.2) is 18.2 Å². The minimum absolute atomic E-state index is 0.192. The summed E-state index contributed by atoms with van der Waals surface area (Å²) < 4.78 is 5.43. The number of hydrogen-bond donors (Lipinski definition) is 0. The largest absolute Gasteiger partial charge is 0.496 e. The van der Waals surface area contributed by atoms with Gasteiger partial charge in [0.05, 0.1) is 12.8 Å². The van der Waals surface area contributed by atoms with Crippen molar-refractivity contribution in [3.63, 3.8) is 0 Å². The van der Waals surface area contributed by atoms with Gasteiger partial charge in [0.1, 0.15) is 5.75 Å². The van der Waals surface area contributed by atoms with E-state index in [1.165, 1.54) is 0 Å². The van der Waals surface area contributed by atoms with Gasteiger partial charge in [-0.3, -0.25) is 4.79 Å². The maximum Gasteiger partial charge on any atom is 0.193 e. The molecule has 0 aliphatic heterocycles. The van der Waals surface area contributed by atoms with E-state index < -0.39 is 0 Å². The van der Waals surface area contributed by atoms with Gasteiger partial charge in [-0.25, -0.2) is 9.97 Å². The van der Waals surface area contributed by atoms with Gasteiger partial charge < -0.3 is 4.74 Å². The van der Waals surface area contributed by atoms with E-state index in [0.29, 0.717) is 12.0 Å². The molecule has 0 aliphatic rings. The van der Waals surface area contributed by atoms with Gasteiger partial charge >= 0.3 is 0 Å². The summed E-state index contributed by atoms with van der Waals surface area (Å²) in [4.78, 5) is 19.2. The molecule has 1 aromatic carbocycles. The number of aryl methyl sites for hydroxylation is 3. The highest BCUT2D eigenvalue weighted by molar-refractivity contribution is 5.75. The number of rotatable bonds is 3. The molecule has 0 saturated heterocycles. The molecule has 2 rings (SSSR count). The second kappa shape index (κ2) is 5.18. The third-order valence-corrected chi connectivity index (χ3v) is 2.90. The fraction of sp³-hybridized carbons (Fsp3) is 0.267. The van der Waals surface area contributed by atoms with Crippen LogP contribution in [0.4, 0.5) is 0 Å². The van der Waals surface area contributed by atoms with Crippen molar-refractivity contribution in [3.05, 3.63) is 40.8 Å². The SMILES string of the molecule is COc1cc(C)cc(C)c1-c1cc(C)nc(C=O)n1. The lowest BCUT2D eigenvalue weighted by Gasteiger charge is -2.13. The Balaban J connectivity index is 2.70. The zero-order valence-corrected chi connectivity index (χ0v) is 11.5. The Morgan fingerprint density at radius 3 is 2.47 bits per heavy atom. The van der Waals surface area contributed by atoms with Crippen molar-refractivity contribution in [2.24, 2.45) is 0 Å². The van der Waals surface area contributed by atoms with Crippen molar-refractivity contribution in [1.29, 1.82) is 0 Å². The molecule has 1 heterocycles. The second-order valence-electron chi connectivity index (χ2n) is 4.53. The van der Waals surface area contributed by atoms with Crippen LogP contribution < -0.4 is 4.74 Å². The summed E-state index contributed by atoms with van der Waals surface area (Å²) in [6.45, 7) is 5.86. The van der Waals surface area contributed by atoms with Crippen molar-refractivity contribution >= 4 is 6.29 Å². The van der Waals surface area contributed by atoms with E-state index in [2.05, 4.69) is 16.0 Å². The summed E-state index contributed by atoms with van der Waals surface area (Å²) in [7, 11) is 1.63. The molecule has 0 unspecified atom stereocenters. The maximum absolute atomic E-state index is 10.9. The Morgan fingerprint density at radius 1 is 1.11 bits per heavy atom. The highest BCUT2D eigenvalue weighted by Gasteiger charge is 2.13. The molecule has 19 heavy (non-hydrogen) atoms. The first-order valence-electron chi connectivity index (χ1n) is 6.01. The van der Waals surface area contributed by atoms with Crippen LogP contribution in [0.1, 0.15) is 27.4 Å². The van der Waals surface area contributed by atoms with Crippen LogP contribution in [0, 0.1) is 20.8 Å². The van der Waals surface area contributed by atoms with Crippen LogP contribution in [0.5, 0.6) is 5.75 Å². The number of methoxy groups -OCH3 is 1. The van der Waals surface area contributed by atoms with Crippen molar-refractivity contribution in [1.82, 2.24) is 9.97 Å². The number of nitrogens with zero attached hydrogens (tertiary/aromatic N) is 2. The molecular weight excluding hydrogens is 240 g/mol. The first-order valence-corrected chi connectivity index (χ1v) is 6.01. The van der Waals surface area contributed by atoms with Crippen molar-refractivity contribution in [2.45, 2.75) is 20.8 Å². The molecule has 0 spiro atoms. The molecule has 98 valence electrons.